The highest BCUT2D eigenvalue weighted by molar-refractivity contribution is 6.30. The molecule has 0 unspecified atom stereocenters. The first-order valence-electron chi connectivity index (χ1n) is 9.68. The van der Waals surface area contributed by atoms with Crippen molar-refractivity contribution in [3.05, 3.63) is 53.3 Å². The summed E-state index contributed by atoms with van der Waals surface area (Å²) in [5.74, 6) is 0.628. The highest BCUT2D eigenvalue weighted by atomic mass is 35.5. The normalized spacial score (nSPS) is 14.8. The van der Waals surface area contributed by atoms with Gasteiger partial charge in [0.05, 0.1) is 19.8 Å². The lowest BCUT2D eigenvalue weighted by atomic mass is 10.3. The number of nitrogens with zero attached hydrogens (tertiary/aromatic N) is 3. The number of aryl methyl sites for hydroxylation is 1. The van der Waals surface area contributed by atoms with Crippen LogP contribution >= 0.6 is 11.6 Å². The van der Waals surface area contributed by atoms with Gasteiger partial charge in [0.1, 0.15) is 5.75 Å². The minimum Gasteiger partial charge on any atom is -0.484 e. The molecule has 3 rings (SSSR count). The minimum absolute atomic E-state index is 0.0156. The average Bonchev–Trinajstić information content (AvgIpc) is 3.12. The van der Waals surface area contributed by atoms with Crippen LogP contribution in [0.1, 0.15) is 12.1 Å². The molecule has 6 nitrogen and oxygen atoms in total. The molecular weight excluding hydrogens is 378 g/mol. The largest absolute Gasteiger partial charge is 0.484 e. The van der Waals surface area contributed by atoms with Crippen LogP contribution in [0.3, 0.4) is 0 Å². The summed E-state index contributed by atoms with van der Waals surface area (Å²) in [6.07, 6.45) is 2.92. The number of ether oxygens (including phenoxy) is 2. The van der Waals surface area contributed by atoms with Crippen molar-refractivity contribution < 1.29 is 14.3 Å². The molecule has 0 radical (unpaired) electrons. The summed E-state index contributed by atoms with van der Waals surface area (Å²) in [7, 11) is 2.00. The number of rotatable bonds is 9. The van der Waals surface area contributed by atoms with Crippen LogP contribution in [-0.4, -0.2) is 66.3 Å². The monoisotopic (exact) mass is 405 g/mol. The molecule has 1 aliphatic rings. The van der Waals surface area contributed by atoms with Crippen molar-refractivity contribution in [2.75, 3.05) is 46.0 Å². The van der Waals surface area contributed by atoms with Crippen LogP contribution in [0.15, 0.2) is 42.6 Å². The molecule has 1 aliphatic heterocycles. The molecule has 2 aromatic rings. The van der Waals surface area contributed by atoms with Gasteiger partial charge in [-0.25, -0.2) is 0 Å². The maximum atomic E-state index is 12.8. The molecule has 1 aromatic carbocycles. The number of benzene rings is 1. The Labute approximate surface area is 171 Å². The summed E-state index contributed by atoms with van der Waals surface area (Å²) in [5.41, 5.74) is 1.10. The Balaban J connectivity index is 1.55. The van der Waals surface area contributed by atoms with Crippen LogP contribution in [0, 0.1) is 0 Å². The Morgan fingerprint density at radius 2 is 1.96 bits per heavy atom. The van der Waals surface area contributed by atoms with Gasteiger partial charge in [0.2, 0.25) is 0 Å². The van der Waals surface area contributed by atoms with Crippen molar-refractivity contribution in [1.29, 1.82) is 0 Å². The number of carbonyl (C=O) groups excluding carboxylic acids is 1. The Kier molecular flexibility index (Phi) is 7.77. The smallest absolute Gasteiger partial charge is 0.260 e. The fraction of sp³-hybridized carbons (Fsp3) is 0.476. The number of hydrogen-bond acceptors (Lipinski definition) is 4. The SMILES string of the molecule is Cn1cccc1CN(CCCN1CCOCC1)C(=O)COc1ccc(Cl)cc1. The number of morpholine rings is 1. The molecule has 2 heterocycles. The van der Waals surface area contributed by atoms with Gasteiger partial charge in [0, 0.05) is 50.1 Å². The van der Waals surface area contributed by atoms with E-state index in [0.29, 0.717) is 23.9 Å². The van der Waals surface area contributed by atoms with E-state index in [-0.39, 0.29) is 12.5 Å². The van der Waals surface area contributed by atoms with Gasteiger partial charge in [-0.3, -0.25) is 9.69 Å². The predicted molar refractivity (Wildman–Crippen MR) is 110 cm³/mol. The van der Waals surface area contributed by atoms with E-state index in [1.807, 2.05) is 34.8 Å². The number of carbonyl (C=O) groups is 1. The van der Waals surface area contributed by atoms with E-state index in [9.17, 15) is 4.79 Å². The highest BCUT2D eigenvalue weighted by Gasteiger charge is 2.17. The molecule has 1 saturated heterocycles. The summed E-state index contributed by atoms with van der Waals surface area (Å²) in [4.78, 5) is 17.1. The first-order valence-corrected chi connectivity index (χ1v) is 10.1. The average molecular weight is 406 g/mol. The van der Waals surface area contributed by atoms with Crippen LogP contribution in [0.25, 0.3) is 0 Å². The summed E-state index contributed by atoms with van der Waals surface area (Å²) in [6.45, 7) is 5.78. The fourth-order valence-corrected chi connectivity index (χ4v) is 3.35. The first-order chi connectivity index (χ1) is 13.6. The number of hydrogen-bond donors (Lipinski definition) is 0. The molecule has 152 valence electrons. The molecule has 0 N–H and O–H groups in total. The molecule has 0 aliphatic carbocycles. The molecule has 1 aromatic heterocycles. The van der Waals surface area contributed by atoms with Crippen LogP contribution < -0.4 is 4.74 Å². The number of aromatic nitrogens is 1. The number of amides is 1. The zero-order valence-electron chi connectivity index (χ0n) is 16.3. The third kappa shape index (κ3) is 6.26. The summed E-state index contributed by atoms with van der Waals surface area (Å²) >= 11 is 5.90. The first kappa shape index (κ1) is 20.7. The lowest BCUT2D eigenvalue weighted by molar-refractivity contribution is -0.134. The van der Waals surface area contributed by atoms with Crippen LogP contribution in [-0.2, 0) is 23.1 Å². The van der Waals surface area contributed by atoms with Gasteiger partial charge in [-0.2, -0.15) is 0 Å². The maximum Gasteiger partial charge on any atom is 0.260 e. The predicted octanol–water partition coefficient (Wildman–Crippen LogP) is 2.81. The van der Waals surface area contributed by atoms with E-state index in [4.69, 9.17) is 21.1 Å². The zero-order valence-corrected chi connectivity index (χ0v) is 17.1. The Morgan fingerprint density at radius 1 is 1.21 bits per heavy atom. The maximum absolute atomic E-state index is 12.8. The highest BCUT2D eigenvalue weighted by Crippen LogP contribution is 2.16. The van der Waals surface area contributed by atoms with E-state index in [1.165, 1.54) is 0 Å². The molecule has 0 spiro atoms. The lowest BCUT2D eigenvalue weighted by Gasteiger charge is -2.28. The van der Waals surface area contributed by atoms with Gasteiger partial charge in [0.15, 0.2) is 6.61 Å². The van der Waals surface area contributed by atoms with Gasteiger partial charge in [0.25, 0.3) is 5.91 Å². The second kappa shape index (κ2) is 10.5. The van der Waals surface area contributed by atoms with Crippen molar-refractivity contribution in [3.8, 4) is 5.75 Å². The minimum atomic E-state index is -0.0156. The lowest BCUT2D eigenvalue weighted by Crippen LogP contribution is -2.40. The standard InChI is InChI=1S/C21H28ClN3O3/c1-23-9-2-4-19(23)16-25(11-3-10-24-12-14-27-15-13-24)21(26)17-28-20-7-5-18(22)6-8-20/h2,4-9H,3,10-17H2,1H3. The molecule has 0 bridgehead atoms. The second-order valence-corrected chi connectivity index (χ2v) is 7.41. The van der Waals surface area contributed by atoms with E-state index < -0.39 is 0 Å². The Bertz CT molecular complexity index is 742. The third-order valence-corrected chi connectivity index (χ3v) is 5.19. The van der Waals surface area contributed by atoms with Gasteiger partial charge in [-0.05, 0) is 42.8 Å². The molecule has 1 amide bonds. The van der Waals surface area contributed by atoms with E-state index in [1.54, 1.807) is 24.3 Å². The van der Waals surface area contributed by atoms with Crippen molar-refractivity contribution in [1.82, 2.24) is 14.4 Å². The number of halogens is 1. The topological polar surface area (TPSA) is 46.9 Å². The molecule has 1 fully saturated rings. The van der Waals surface area contributed by atoms with E-state index >= 15 is 0 Å². The van der Waals surface area contributed by atoms with Crippen LogP contribution in [0.4, 0.5) is 0 Å². The van der Waals surface area contributed by atoms with Gasteiger partial charge >= 0.3 is 0 Å². The van der Waals surface area contributed by atoms with Crippen LogP contribution in [0.5, 0.6) is 5.75 Å². The molecule has 0 saturated carbocycles. The van der Waals surface area contributed by atoms with Crippen molar-refractivity contribution >= 4 is 17.5 Å². The molecule has 7 heteroatoms. The Hall–Kier alpha value is -2.02. The van der Waals surface area contributed by atoms with Crippen LogP contribution in [0.2, 0.25) is 5.02 Å². The summed E-state index contributed by atoms with van der Waals surface area (Å²) < 4.78 is 13.1. The van der Waals surface area contributed by atoms with E-state index in [2.05, 4.69) is 4.90 Å². The van der Waals surface area contributed by atoms with Gasteiger partial charge in [-0.1, -0.05) is 11.6 Å². The van der Waals surface area contributed by atoms with Gasteiger partial charge < -0.3 is 18.9 Å². The van der Waals surface area contributed by atoms with Crippen molar-refractivity contribution in [3.63, 3.8) is 0 Å². The quantitative estimate of drug-likeness (QED) is 0.643. The van der Waals surface area contributed by atoms with Gasteiger partial charge in [-0.15, -0.1) is 0 Å². The molecular formula is C21H28ClN3O3. The third-order valence-electron chi connectivity index (χ3n) is 4.94. The van der Waals surface area contributed by atoms with Crippen molar-refractivity contribution in [2.24, 2.45) is 7.05 Å². The zero-order chi connectivity index (χ0) is 19.8. The second-order valence-electron chi connectivity index (χ2n) is 6.98. The molecule has 0 atom stereocenters. The summed E-state index contributed by atoms with van der Waals surface area (Å²) in [5, 5.41) is 0.645. The Morgan fingerprint density at radius 3 is 2.64 bits per heavy atom. The molecule has 28 heavy (non-hydrogen) atoms. The van der Waals surface area contributed by atoms with Crippen molar-refractivity contribution in [2.45, 2.75) is 13.0 Å². The fourth-order valence-electron chi connectivity index (χ4n) is 3.23. The summed E-state index contributed by atoms with van der Waals surface area (Å²) in [6, 6.07) is 11.1. The van der Waals surface area contributed by atoms with E-state index in [0.717, 1.165) is 45.0 Å².